The zero-order valence-corrected chi connectivity index (χ0v) is 13.7. The molecule has 0 aliphatic carbocycles. The summed E-state index contributed by atoms with van der Waals surface area (Å²) in [6.45, 7) is 2.71. The summed E-state index contributed by atoms with van der Waals surface area (Å²) < 4.78 is 6.34. The molecule has 0 radical (unpaired) electrons. The summed E-state index contributed by atoms with van der Waals surface area (Å²) in [5.74, 6) is 0.642. The Morgan fingerprint density at radius 2 is 2.09 bits per heavy atom. The summed E-state index contributed by atoms with van der Waals surface area (Å²) in [4.78, 5) is 12.5. The summed E-state index contributed by atoms with van der Waals surface area (Å²) >= 11 is 6.33. The molecule has 1 aliphatic heterocycles. The maximum atomic E-state index is 11.9. The molecule has 0 unspecified atom stereocenters. The zero-order valence-electron chi connectivity index (χ0n) is 12.1. The summed E-state index contributed by atoms with van der Waals surface area (Å²) in [6, 6.07) is 12.1. The molecule has 2 aromatic rings. The number of fused-ring (bicyclic) bond motifs is 1. The first-order valence-corrected chi connectivity index (χ1v) is 8.31. The van der Waals surface area contributed by atoms with E-state index < -0.39 is 0 Å². The van der Waals surface area contributed by atoms with Crippen LogP contribution in [0.5, 0.6) is 5.75 Å². The molecule has 0 atom stereocenters. The third-order valence-electron chi connectivity index (χ3n) is 3.31. The van der Waals surface area contributed by atoms with E-state index in [1.54, 1.807) is 0 Å². The fourth-order valence-corrected chi connectivity index (χ4v) is 3.34. The van der Waals surface area contributed by atoms with E-state index in [0.717, 1.165) is 28.5 Å². The molecule has 1 heterocycles. The average Bonchev–Trinajstić information content (AvgIpc) is 2.84. The van der Waals surface area contributed by atoms with Crippen LogP contribution in [0.2, 0.25) is 0 Å². The van der Waals surface area contributed by atoms with E-state index in [1.807, 2.05) is 42.5 Å². The van der Waals surface area contributed by atoms with Crippen molar-refractivity contribution < 1.29 is 9.53 Å². The molecular formula is C17H15NO2S2. The second-order valence-corrected chi connectivity index (χ2v) is 6.62. The van der Waals surface area contributed by atoms with Crippen LogP contribution in [-0.4, -0.2) is 16.8 Å². The minimum Gasteiger partial charge on any atom is -0.493 e. The number of benzene rings is 2. The summed E-state index contributed by atoms with van der Waals surface area (Å²) in [7, 11) is 0. The molecule has 3 rings (SSSR count). The van der Waals surface area contributed by atoms with Crippen molar-refractivity contribution in [2.24, 2.45) is 0 Å². The second kappa shape index (κ2) is 6.50. The van der Waals surface area contributed by atoms with E-state index in [0.29, 0.717) is 15.8 Å². The molecule has 1 aliphatic rings. The maximum Gasteiger partial charge on any atom is 0.263 e. The first kappa shape index (κ1) is 15.1. The summed E-state index contributed by atoms with van der Waals surface area (Å²) in [5, 5.41) is 4.82. The van der Waals surface area contributed by atoms with Gasteiger partial charge in [-0.05, 0) is 29.3 Å². The van der Waals surface area contributed by atoms with Gasteiger partial charge in [0.1, 0.15) is 10.1 Å². The lowest BCUT2D eigenvalue weighted by Gasteiger charge is -2.11. The van der Waals surface area contributed by atoms with Gasteiger partial charge in [0, 0.05) is 5.56 Å². The van der Waals surface area contributed by atoms with E-state index in [1.165, 1.54) is 11.8 Å². The number of rotatable bonds is 4. The van der Waals surface area contributed by atoms with Gasteiger partial charge in [0.15, 0.2) is 0 Å². The van der Waals surface area contributed by atoms with Crippen LogP contribution in [0.15, 0.2) is 41.3 Å². The van der Waals surface area contributed by atoms with E-state index >= 15 is 0 Å². The molecule has 2 aromatic carbocycles. The van der Waals surface area contributed by atoms with Gasteiger partial charge in [-0.3, -0.25) is 4.79 Å². The van der Waals surface area contributed by atoms with Crippen LogP contribution < -0.4 is 10.1 Å². The predicted octanol–water partition coefficient (Wildman–Crippen LogP) is 4.12. The monoisotopic (exact) mass is 329 g/mol. The molecular weight excluding hydrogens is 314 g/mol. The van der Waals surface area contributed by atoms with Gasteiger partial charge < -0.3 is 10.1 Å². The number of thioether (sulfide) groups is 1. The predicted molar refractivity (Wildman–Crippen MR) is 96.0 cm³/mol. The van der Waals surface area contributed by atoms with Gasteiger partial charge >= 0.3 is 0 Å². The molecule has 0 bridgehead atoms. The van der Waals surface area contributed by atoms with Crippen molar-refractivity contribution in [3.63, 3.8) is 0 Å². The fourth-order valence-electron chi connectivity index (χ4n) is 2.31. The third kappa shape index (κ3) is 3.00. The SMILES string of the molecule is CCCOc1ccc2ccccc2c1/C=C1/SC(=S)NC1=O. The van der Waals surface area contributed by atoms with Crippen molar-refractivity contribution in [1.82, 2.24) is 5.32 Å². The molecule has 0 aromatic heterocycles. The Morgan fingerprint density at radius 3 is 2.82 bits per heavy atom. The summed E-state index contributed by atoms with van der Waals surface area (Å²) in [5.41, 5.74) is 0.925. The normalized spacial score (nSPS) is 16.3. The topological polar surface area (TPSA) is 38.3 Å². The van der Waals surface area contributed by atoms with Crippen LogP contribution in [0.25, 0.3) is 16.8 Å². The van der Waals surface area contributed by atoms with Crippen molar-refractivity contribution in [3.8, 4) is 5.75 Å². The Labute approximate surface area is 138 Å². The number of thiocarbonyl (C=S) groups is 1. The number of hydrogen-bond acceptors (Lipinski definition) is 4. The largest absolute Gasteiger partial charge is 0.493 e. The molecule has 22 heavy (non-hydrogen) atoms. The van der Waals surface area contributed by atoms with Crippen molar-refractivity contribution in [2.75, 3.05) is 6.61 Å². The Balaban J connectivity index is 2.14. The first-order valence-electron chi connectivity index (χ1n) is 7.08. The lowest BCUT2D eigenvalue weighted by molar-refractivity contribution is -0.115. The van der Waals surface area contributed by atoms with Gasteiger partial charge in [-0.1, -0.05) is 61.2 Å². The molecule has 0 saturated carbocycles. The second-order valence-electron chi connectivity index (χ2n) is 4.90. The number of hydrogen-bond donors (Lipinski definition) is 1. The van der Waals surface area contributed by atoms with E-state index in [4.69, 9.17) is 17.0 Å². The van der Waals surface area contributed by atoms with Gasteiger partial charge in [0.2, 0.25) is 0 Å². The number of carbonyl (C=O) groups is 1. The van der Waals surface area contributed by atoms with E-state index in [-0.39, 0.29) is 5.91 Å². The Morgan fingerprint density at radius 1 is 1.27 bits per heavy atom. The lowest BCUT2D eigenvalue weighted by Crippen LogP contribution is -2.17. The van der Waals surface area contributed by atoms with Crippen LogP contribution in [0, 0.1) is 0 Å². The van der Waals surface area contributed by atoms with Gasteiger partial charge in [-0.2, -0.15) is 0 Å². The van der Waals surface area contributed by atoms with Crippen molar-refractivity contribution in [2.45, 2.75) is 13.3 Å². The average molecular weight is 329 g/mol. The maximum absolute atomic E-state index is 11.9. The molecule has 5 heteroatoms. The highest BCUT2D eigenvalue weighted by molar-refractivity contribution is 8.26. The fraction of sp³-hybridized carbons (Fsp3) is 0.176. The Hall–Kier alpha value is -1.85. The summed E-state index contributed by atoms with van der Waals surface area (Å²) in [6.07, 6.45) is 2.80. The number of carbonyl (C=O) groups excluding carboxylic acids is 1. The van der Waals surface area contributed by atoms with Gasteiger partial charge in [-0.25, -0.2) is 0 Å². The minimum atomic E-state index is -0.149. The Kier molecular flexibility index (Phi) is 4.45. The quantitative estimate of drug-likeness (QED) is 0.676. The highest BCUT2D eigenvalue weighted by Gasteiger charge is 2.23. The highest BCUT2D eigenvalue weighted by atomic mass is 32.2. The molecule has 3 nitrogen and oxygen atoms in total. The number of ether oxygens (including phenoxy) is 1. The molecule has 1 amide bonds. The molecule has 0 spiro atoms. The Bertz CT molecular complexity index is 783. The van der Waals surface area contributed by atoms with Crippen LogP contribution in [0.3, 0.4) is 0 Å². The molecule has 1 N–H and O–H groups in total. The van der Waals surface area contributed by atoms with E-state index in [9.17, 15) is 4.79 Å². The zero-order chi connectivity index (χ0) is 15.5. The molecule has 1 fully saturated rings. The van der Waals surface area contributed by atoms with Crippen LogP contribution in [-0.2, 0) is 4.79 Å². The van der Waals surface area contributed by atoms with Gasteiger partial charge in [0.25, 0.3) is 5.91 Å². The third-order valence-corrected chi connectivity index (χ3v) is 4.47. The van der Waals surface area contributed by atoms with Crippen molar-refractivity contribution in [3.05, 3.63) is 46.9 Å². The van der Waals surface area contributed by atoms with Crippen molar-refractivity contribution in [1.29, 1.82) is 0 Å². The molecule has 112 valence electrons. The number of amides is 1. The van der Waals surface area contributed by atoms with Gasteiger partial charge in [0.05, 0.1) is 11.5 Å². The van der Waals surface area contributed by atoms with Crippen molar-refractivity contribution >= 4 is 51.1 Å². The van der Waals surface area contributed by atoms with E-state index in [2.05, 4.69) is 12.2 Å². The lowest BCUT2D eigenvalue weighted by atomic mass is 10.0. The van der Waals surface area contributed by atoms with Gasteiger partial charge in [-0.15, -0.1) is 0 Å². The molecule has 1 saturated heterocycles. The first-order chi connectivity index (χ1) is 10.7. The number of nitrogens with one attached hydrogen (secondary N) is 1. The standard InChI is InChI=1S/C17H15NO2S2/c1-2-9-20-14-8-7-11-5-3-4-6-12(11)13(14)10-15-16(19)18-17(21)22-15/h3-8,10H,2,9H2,1H3,(H,18,19,21)/b15-10+. The highest BCUT2D eigenvalue weighted by Crippen LogP contribution is 2.34. The van der Waals surface area contributed by atoms with Crippen LogP contribution >= 0.6 is 24.0 Å². The smallest absolute Gasteiger partial charge is 0.263 e. The minimum absolute atomic E-state index is 0.149. The van der Waals surface area contributed by atoms with Crippen LogP contribution in [0.1, 0.15) is 18.9 Å². The van der Waals surface area contributed by atoms with Crippen LogP contribution in [0.4, 0.5) is 0 Å².